The van der Waals surface area contributed by atoms with Gasteiger partial charge in [0.25, 0.3) is 0 Å². The third kappa shape index (κ3) is 3.78. The maximum atomic E-state index is 11.5. The van der Waals surface area contributed by atoms with Gasteiger partial charge in [-0.15, -0.1) is 0 Å². The lowest BCUT2D eigenvalue weighted by atomic mass is 10.1. The number of hydrogen-bond donors (Lipinski definition) is 0. The first-order valence-electron chi connectivity index (χ1n) is 5.59. The van der Waals surface area contributed by atoms with Crippen molar-refractivity contribution in [1.82, 2.24) is 4.98 Å². The summed E-state index contributed by atoms with van der Waals surface area (Å²) in [4.78, 5) is 15.6. The van der Waals surface area contributed by atoms with E-state index in [1.807, 2.05) is 6.07 Å². The van der Waals surface area contributed by atoms with Gasteiger partial charge < -0.3 is 4.74 Å². The molecule has 0 fully saturated rings. The van der Waals surface area contributed by atoms with Crippen LogP contribution in [0, 0.1) is 0 Å². The molecule has 0 bridgehead atoms. The van der Waals surface area contributed by atoms with Crippen LogP contribution in [-0.2, 0) is 6.61 Å². The Labute approximate surface area is 124 Å². The van der Waals surface area contributed by atoms with E-state index in [2.05, 4.69) is 20.9 Å². The minimum absolute atomic E-state index is 0.0788. The number of ketones is 1. The normalized spacial score (nSPS) is 10.3. The number of Topliss-reactive ketones (excluding diaryl/α,β-unsaturated/α-hetero) is 1. The summed E-state index contributed by atoms with van der Waals surface area (Å²) in [6.45, 7) is 1.83. The molecule has 0 aliphatic heterocycles. The number of halogens is 2. The van der Waals surface area contributed by atoms with Crippen molar-refractivity contribution in [2.45, 2.75) is 13.5 Å². The Kier molecular flexibility index (Phi) is 4.56. The lowest BCUT2D eigenvalue weighted by Crippen LogP contribution is -2.02. The third-order valence-electron chi connectivity index (χ3n) is 2.48. The van der Waals surface area contributed by atoms with Crippen molar-refractivity contribution in [2.24, 2.45) is 0 Å². The molecule has 0 saturated carbocycles. The SMILES string of the molecule is CC(=O)c1cc(Cl)ccc1OCc1cncc(Br)c1. The molecule has 2 rings (SSSR count). The summed E-state index contributed by atoms with van der Waals surface area (Å²) in [5, 5.41) is 0.515. The summed E-state index contributed by atoms with van der Waals surface area (Å²) in [5.74, 6) is 0.446. The zero-order valence-corrected chi connectivity index (χ0v) is 12.5. The Morgan fingerprint density at radius 3 is 2.84 bits per heavy atom. The smallest absolute Gasteiger partial charge is 0.163 e. The minimum atomic E-state index is -0.0788. The van der Waals surface area contributed by atoms with Gasteiger partial charge in [-0.25, -0.2) is 0 Å². The lowest BCUT2D eigenvalue weighted by Gasteiger charge is -2.10. The summed E-state index contributed by atoms with van der Waals surface area (Å²) in [6, 6.07) is 6.92. The molecule has 0 aliphatic carbocycles. The maximum absolute atomic E-state index is 11.5. The number of carbonyl (C=O) groups is 1. The van der Waals surface area contributed by atoms with E-state index in [1.165, 1.54) is 6.92 Å². The van der Waals surface area contributed by atoms with Crippen LogP contribution in [0.4, 0.5) is 0 Å². The fourth-order valence-corrected chi connectivity index (χ4v) is 2.18. The number of ether oxygens (including phenoxy) is 1. The Morgan fingerprint density at radius 1 is 1.37 bits per heavy atom. The molecule has 19 heavy (non-hydrogen) atoms. The van der Waals surface area contributed by atoms with Gasteiger partial charge in [0, 0.05) is 27.5 Å². The van der Waals surface area contributed by atoms with Gasteiger partial charge in [0.1, 0.15) is 12.4 Å². The largest absolute Gasteiger partial charge is 0.488 e. The summed E-state index contributed by atoms with van der Waals surface area (Å²) >= 11 is 9.22. The summed E-state index contributed by atoms with van der Waals surface area (Å²) in [5.41, 5.74) is 1.40. The van der Waals surface area contributed by atoms with E-state index in [9.17, 15) is 4.79 Å². The number of benzene rings is 1. The highest BCUT2D eigenvalue weighted by molar-refractivity contribution is 9.10. The standard InChI is InChI=1S/C14H11BrClNO2/c1-9(18)13-5-12(16)2-3-14(13)19-8-10-4-11(15)7-17-6-10/h2-7H,8H2,1H3. The van der Waals surface area contributed by atoms with E-state index in [4.69, 9.17) is 16.3 Å². The molecule has 0 amide bonds. The van der Waals surface area contributed by atoms with Crippen molar-refractivity contribution in [1.29, 1.82) is 0 Å². The molecule has 0 aliphatic rings. The first kappa shape index (κ1) is 14.0. The van der Waals surface area contributed by atoms with Crippen LogP contribution in [0.5, 0.6) is 5.75 Å². The number of aromatic nitrogens is 1. The van der Waals surface area contributed by atoms with Crippen LogP contribution in [-0.4, -0.2) is 10.8 Å². The molecule has 1 aromatic heterocycles. The van der Waals surface area contributed by atoms with Gasteiger partial charge in [-0.05, 0) is 47.1 Å². The number of pyridine rings is 1. The van der Waals surface area contributed by atoms with Crippen LogP contribution in [0.25, 0.3) is 0 Å². The Balaban J connectivity index is 2.17. The Morgan fingerprint density at radius 2 is 2.16 bits per heavy atom. The first-order chi connectivity index (χ1) is 9.06. The molecule has 0 unspecified atom stereocenters. The van der Waals surface area contributed by atoms with Gasteiger partial charge >= 0.3 is 0 Å². The summed E-state index contributed by atoms with van der Waals surface area (Å²) < 4.78 is 6.54. The second kappa shape index (κ2) is 6.17. The number of rotatable bonds is 4. The average Bonchev–Trinajstić information content (AvgIpc) is 2.37. The molecule has 0 spiro atoms. The van der Waals surface area contributed by atoms with Crippen LogP contribution in [0.1, 0.15) is 22.8 Å². The van der Waals surface area contributed by atoms with Crippen molar-refractivity contribution in [2.75, 3.05) is 0 Å². The highest BCUT2D eigenvalue weighted by Crippen LogP contribution is 2.24. The molecule has 0 N–H and O–H groups in total. The second-order valence-electron chi connectivity index (χ2n) is 4.00. The zero-order valence-electron chi connectivity index (χ0n) is 10.2. The van der Waals surface area contributed by atoms with Gasteiger partial charge in [-0.3, -0.25) is 9.78 Å². The van der Waals surface area contributed by atoms with E-state index in [1.54, 1.807) is 30.6 Å². The van der Waals surface area contributed by atoms with Crippen LogP contribution >= 0.6 is 27.5 Å². The molecule has 98 valence electrons. The maximum Gasteiger partial charge on any atom is 0.163 e. The minimum Gasteiger partial charge on any atom is -0.488 e. The van der Waals surface area contributed by atoms with E-state index < -0.39 is 0 Å². The molecule has 1 aromatic carbocycles. The average molecular weight is 341 g/mol. The quantitative estimate of drug-likeness (QED) is 0.780. The molecule has 0 atom stereocenters. The Bertz CT molecular complexity index is 616. The van der Waals surface area contributed by atoms with Crippen molar-refractivity contribution in [3.8, 4) is 5.75 Å². The van der Waals surface area contributed by atoms with Crippen molar-refractivity contribution in [3.05, 3.63) is 57.3 Å². The fraction of sp³-hybridized carbons (Fsp3) is 0.143. The van der Waals surface area contributed by atoms with E-state index in [0.29, 0.717) is 22.9 Å². The number of hydrogen-bond acceptors (Lipinski definition) is 3. The topological polar surface area (TPSA) is 39.2 Å². The van der Waals surface area contributed by atoms with Gasteiger partial charge in [0.15, 0.2) is 5.78 Å². The third-order valence-corrected chi connectivity index (χ3v) is 3.15. The number of carbonyl (C=O) groups excluding carboxylic acids is 1. The van der Waals surface area contributed by atoms with Gasteiger partial charge in [0.2, 0.25) is 0 Å². The molecular weight excluding hydrogens is 330 g/mol. The summed E-state index contributed by atoms with van der Waals surface area (Å²) in [7, 11) is 0. The molecule has 0 radical (unpaired) electrons. The molecule has 5 heteroatoms. The lowest BCUT2D eigenvalue weighted by molar-refractivity contribution is 0.101. The predicted octanol–water partition coefficient (Wildman–Crippen LogP) is 4.28. The highest BCUT2D eigenvalue weighted by atomic mass is 79.9. The van der Waals surface area contributed by atoms with E-state index in [0.717, 1.165) is 10.0 Å². The first-order valence-corrected chi connectivity index (χ1v) is 6.76. The fourth-order valence-electron chi connectivity index (χ4n) is 1.60. The van der Waals surface area contributed by atoms with Crippen molar-refractivity contribution < 1.29 is 9.53 Å². The molecule has 0 saturated heterocycles. The van der Waals surface area contributed by atoms with Gasteiger partial charge in [-0.1, -0.05) is 11.6 Å². The summed E-state index contributed by atoms with van der Waals surface area (Å²) in [6.07, 6.45) is 3.42. The Hall–Kier alpha value is -1.39. The van der Waals surface area contributed by atoms with Crippen LogP contribution in [0.15, 0.2) is 41.1 Å². The monoisotopic (exact) mass is 339 g/mol. The molecule has 3 nitrogen and oxygen atoms in total. The highest BCUT2D eigenvalue weighted by Gasteiger charge is 2.09. The zero-order chi connectivity index (χ0) is 13.8. The van der Waals surface area contributed by atoms with Gasteiger partial charge in [-0.2, -0.15) is 0 Å². The van der Waals surface area contributed by atoms with Crippen LogP contribution in [0.2, 0.25) is 5.02 Å². The molecular formula is C14H11BrClNO2. The van der Waals surface area contributed by atoms with Crippen LogP contribution in [0.3, 0.4) is 0 Å². The van der Waals surface area contributed by atoms with Gasteiger partial charge in [0.05, 0.1) is 5.56 Å². The van der Waals surface area contributed by atoms with Crippen LogP contribution < -0.4 is 4.74 Å². The second-order valence-corrected chi connectivity index (χ2v) is 5.35. The van der Waals surface area contributed by atoms with Crippen molar-refractivity contribution in [3.63, 3.8) is 0 Å². The molecule has 1 heterocycles. The van der Waals surface area contributed by atoms with E-state index >= 15 is 0 Å². The van der Waals surface area contributed by atoms with Crippen molar-refractivity contribution >= 4 is 33.3 Å². The molecule has 2 aromatic rings. The number of nitrogens with zero attached hydrogens (tertiary/aromatic N) is 1. The predicted molar refractivity (Wildman–Crippen MR) is 77.7 cm³/mol. The van der Waals surface area contributed by atoms with E-state index in [-0.39, 0.29) is 5.78 Å².